The third kappa shape index (κ3) is 7.20. The smallest absolute Gasteiger partial charge is 0.351 e. The molecule has 0 N–H and O–H groups in total. The molecule has 0 aliphatic heterocycles. The molecule has 0 aliphatic carbocycles. The van der Waals surface area contributed by atoms with Gasteiger partial charge in [-0.2, -0.15) is 0 Å². The van der Waals surface area contributed by atoms with Crippen LogP contribution < -0.4 is 0 Å². The van der Waals surface area contributed by atoms with Crippen LogP contribution in [0.5, 0.6) is 0 Å². The highest BCUT2D eigenvalue weighted by Crippen LogP contribution is 2.16. The molecule has 0 atom stereocenters. The van der Waals surface area contributed by atoms with Crippen LogP contribution in [0.25, 0.3) is 0 Å². The first-order chi connectivity index (χ1) is 10.3. The lowest BCUT2D eigenvalue weighted by atomic mass is 10.2. The lowest BCUT2D eigenvalue weighted by Crippen LogP contribution is -2.49. The summed E-state index contributed by atoms with van der Waals surface area (Å²) in [4.78, 5) is 0. The normalized spacial score (nSPS) is 11.8. The van der Waals surface area contributed by atoms with Gasteiger partial charge < -0.3 is 17.7 Å². The Morgan fingerprint density at radius 1 is 0.714 bits per heavy atom. The molecule has 0 unspecified atom stereocenters. The summed E-state index contributed by atoms with van der Waals surface area (Å²) in [6.45, 7) is 8.42. The molecule has 0 saturated heterocycles. The number of benzene rings is 1. The summed E-state index contributed by atoms with van der Waals surface area (Å²) < 4.78 is 23.6. The summed E-state index contributed by atoms with van der Waals surface area (Å²) in [6, 6.07) is 10.0. The average molecular weight is 312 g/mol. The molecule has 0 fully saturated rings. The average Bonchev–Trinajstić information content (AvgIpc) is 2.54. The summed E-state index contributed by atoms with van der Waals surface area (Å²) in [6.07, 6.45) is 2.73. The molecule has 120 valence electrons. The molecule has 0 aromatic heterocycles. The van der Waals surface area contributed by atoms with Gasteiger partial charge in [-0.1, -0.05) is 51.1 Å². The SMILES string of the molecule is CCCO[Si](OCCC)(OCCC)OCc1ccccc1. The van der Waals surface area contributed by atoms with E-state index >= 15 is 0 Å². The van der Waals surface area contributed by atoms with E-state index in [2.05, 4.69) is 20.8 Å². The Bertz CT molecular complexity index is 337. The third-order valence-electron chi connectivity index (χ3n) is 2.71. The lowest BCUT2D eigenvalue weighted by Gasteiger charge is -2.28. The van der Waals surface area contributed by atoms with Gasteiger partial charge in [0.2, 0.25) is 0 Å². The molecule has 1 aromatic rings. The first-order valence-corrected chi connectivity index (χ1v) is 9.49. The Morgan fingerprint density at radius 3 is 1.62 bits per heavy atom. The van der Waals surface area contributed by atoms with Crippen LogP contribution in [0.1, 0.15) is 45.6 Å². The zero-order valence-electron chi connectivity index (χ0n) is 13.5. The summed E-state index contributed by atoms with van der Waals surface area (Å²) in [5, 5.41) is 0. The molecule has 21 heavy (non-hydrogen) atoms. The van der Waals surface area contributed by atoms with Gasteiger partial charge in [0.15, 0.2) is 0 Å². The highest BCUT2D eigenvalue weighted by atomic mass is 28.4. The van der Waals surface area contributed by atoms with Crippen LogP contribution in [-0.2, 0) is 24.3 Å². The monoisotopic (exact) mass is 312 g/mol. The molecule has 0 bridgehead atoms. The molecule has 0 aliphatic rings. The summed E-state index contributed by atoms with van der Waals surface area (Å²) >= 11 is 0. The van der Waals surface area contributed by atoms with Gasteiger partial charge in [-0.3, -0.25) is 0 Å². The van der Waals surface area contributed by atoms with E-state index in [1.807, 2.05) is 30.3 Å². The molecule has 0 radical (unpaired) electrons. The fourth-order valence-electron chi connectivity index (χ4n) is 1.68. The maximum Gasteiger partial charge on any atom is 0.680 e. The molecule has 0 heterocycles. The molecule has 1 aromatic carbocycles. The number of hydrogen-bond donors (Lipinski definition) is 0. The minimum absolute atomic E-state index is 0.449. The Balaban J connectivity index is 2.69. The van der Waals surface area contributed by atoms with Crippen molar-refractivity contribution in [1.82, 2.24) is 0 Å². The number of hydrogen-bond acceptors (Lipinski definition) is 4. The van der Waals surface area contributed by atoms with Gasteiger partial charge in [0.1, 0.15) is 0 Å². The molecule has 0 saturated carbocycles. The van der Waals surface area contributed by atoms with E-state index in [0.29, 0.717) is 26.4 Å². The van der Waals surface area contributed by atoms with Crippen molar-refractivity contribution in [3.8, 4) is 0 Å². The first kappa shape index (κ1) is 18.3. The van der Waals surface area contributed by atoms with E-state index in [-0.39, 0.29) is 0 Å². The molecule has 4 nitrogen and oxygen atoms in total. The van der Waals surface area contributed by atoms with E-state index in [1.54, 1.807) is 0 Å². The highest BCUT2D eigenvalue weighted by Gasteiger charge is 2.45. The van der Waals surface area contributed by atoms with Gasteiger partial charge >= 0.3 is 9.05 Å². The van der Waals surface area contributed by atoms with Gasteiger partial charge in [0.05, 0.1) is 6.61 Å². The van der Waals surface area contributed by atoms with Crippen molar-refractivity contribution in [2.45, 2.75) is 46.6 Å². The maximum atomic E-state index is 5.99. The van der Waals surface area contributed by atoms with Crippen molar-refractivity contribution in [2.75, 3.05) is 19.8 Å². The van der Waals surface area contributed by atoms with Crippen LogP contribution in [0.4, 0.5) is 0 Å². The van der Waals surface area contributed by atoms with E-state index in [9.17, 15) is 0 Å². The van der Waals surface area contributed by atoms with Crippen LogP contribution in [0, 0.1) is 0 Å². The molecule has 0 spiro atoms. The topological polar surface area (TPSA) is 36.9 Å². The van der Waals surface area contributed by atoms with Gasteiger partial charge in [-0.15, -0.1) is 0 Å². The maximum absolute atomic E-state index is 5.99. The van der Waals surface area contributed by atoms with Crippen molar-refractivity contribution in [2.24, 2.45) is 0 Å². The second-order valence-corrected chi connectivity index (χ2v) is 6.97. The lowest BCUT2D eigenvalue weighted by molar-refractivity contribution is -0.0391. The fraction of sp³-hybridized carbons (Fsp3) is 0.625. The van der Waals surface area contributed by atoms with Gasteiger partial charge in [-0.25, -0.2) is 0 Å². The summed E-state index contributed by atoms with van der Waals surface area (Å²) in [5.74, 6) is 0. The minimum atomic E-state index is -3.04. The predicted octanol–water partition coefficient (Wildman–Crippen LogP) is 3.92. The van der Waals surface area contributed by atoms with Crippen LogP contribution >= 0.6 is 0 Å². The van der Waals surface area contributed by atoms with Crippen LogP contribution in [0.3, 0.4) is 0 Å². The second kappa shape index (κ2) is 10.9. The van der Waals surface area contributed by atoms with Crippen LogP contribution in [0.15, 0.2) is 30.3 Å². The standard InChI is InChI=1S/C16H28O4Si/c1-4-12-17-21(18-13-5-2,19-14-6-3)20-15-16-10-8-7-9-11-16/h7-11H,4-6,12-15H2,1-3H3. The van der Waals surface area contributed by atoms with Crippen molar-refractivity contribution >= 4 is 9.05 Å². The molecule has 5 heteroatoms. The summed E-state index contributed by atoms with van der Waals surface area (Å²) in [7, 11) is -3.04. The number of rotatable bonds is 12. The quantitative estimate of drug-likeness (QED) is 0.548. The van der Waals surface area contributed by atoms with Crippen molar-refractivity contribution < 1.29 is 17.7 Å². The summed E-state index contributed by atoms with van der Waals surface area (Å²) in [5.41, 5.74) is 1.09. The van der Waals surface area contributed by atoms with Crippen molar-refractivity contribution in [3.05, 3.63) is 35.9 Å². The third-order valence-corrected chi connectivity index (χ3v) is 4.88. The van der Waals surface area contributed by atoms with Crippen LogP contribution in [-0.4, -0.2) is 28.9 Å². The Kier molecular flexibility index (Phi) is 9.53. The van der Waals surface area contributed by atoms with Crippen LogP contribution in [0.2, 0.25) is 0 Å². The molecular weight excluding hydrogens is 284 g/mol. The largest absolute Gasteiger partial charge is 0.680 e. The van der Waals surface area contributed by atoms with E-state index < -0.39 is 9.05 Å². The Morgan fingerprint density at radius 2 is 1.19 bits per heavy atom. The Hall–Kier alpha value is -0.723. The van der Waals surface area contributed by atoms with Gasteiger partial charge in [0, 0.05) is 19.8 Å². The molecule has 0 amide bonds. The minimum Gasteiger partial charge on any atom is -0.351 e. The van der Waals surface area contributed by atoms with Crippen molar-refractivity contribution in [3.63, 3.8) is 0 Å². The first-order valence-electron chi connectivity index (χ1n) is 7.86. The fourth-order valence-corrected chi connectivity index (χ4v) is 3.88. The zero-order valence-corrected chi connectivity index (χ0v) is 14.5. The zero-order chi connectivity index (χ0) is 15.4. The Labute approximate surface area is 129 Å². The van der Waals surface area contributed by atoms with E-state index in [4.69, 9.17) is 17.7 Å². The second-order valence-electron chi connectivity index (χ2n) is 4.82. The highest BCUT2D eigenvalue weighted by molar-refractivity contribution is 6.53. The van der Waals surface area contributed by atoms with Crippen molar-refractivity contribution in [1.29, 1.82) is 0 Å². The molecule has 1 rings (SSSR count). The van der Waals surface area contributed by atoms with Gasteiger partial charge in [-0.05, 0) is 24.8 Å². The van der Waals surface area contributed by atoms with E-state index in [1.165, 1.54) is 0 Å². The van der Waals surface area contributed by atoms with E-state index in [0.717, 1.165) is 24.8 Å². The predicted molar refractivity (Wildman–Crippen MR) is 85.7 cm³/mol. The van der Waals surface area contributed by atoms with Gasteiger partial charge in [0.25, 0.3) is 0 Å². The molecular formula is C16H28O4Si.